The maximum Gasteiger partial charge on any atom is 0.387 e. The number of hydrogen-bond donors (Lipinski definition) is 2. The van der Waals surface area contributed by atoms with Crippen LogP contribution in [-0.2, 0) is 4.79 Å². The molecule has 0 aliphatic carbocycles. The van der Waals surface area contributed by atoms with Gasteiger partial charge in [-0.2, -0.15) is 8.78 Å². The molecule has 0 saturated heterocycles. The van der Waals surface area contributed by atoms with Gasteiger partial charge in [0.15, 0.2) is 11.2 Å². The molecule has 0 fully saturated rings. The maximum atomic E-state index is 12.8. The molecular weight excluding hydrogens is 386 g/mol. The summed E-state index contributed by atoms with van der Waals surface area (Å²) in [6, 6.07) is 10.8. The van der Waals surface area contributed by atoms with Crippen molar-refractivity contribution in [1.82, 2.24) is 4.98 Å². The van der Waals surface area contributed by atoms with Crippen LogP contribution in [0, 0.1) is 0 Å². The maximum absolute atomic E-state index is 12.8. The molecule has 0 unspecified atom stereocenters. The first-order valence-corrected chi connectivity index (χ1v) is 8.39. The normalized spacial score (nSPS) is 12.0. The minimum Gasteiger partial charge on any atom is -0.497 e. The fourth-order valence-electron chi connectivity index (χ4n) is 2.92. The van der Waals surface area contributed by atoms with E-state index in [1.54, 1.807) is 12.1 Å². The van der Waals surface area contributed by atoms with Gasteiger partial charge in [-0.15, -0.1) is 0 Å². The summed E-state index contributed by atoms with van der Waals surface area (Å²) in [6.45, 7) is -3.04. The number of carbonyl (C=O) groups excluding carboxylic acids is 2. The number of benzene rings is 2. The fraction of sp³-hybridized carbons (Fsp3) is 0.150. The van der Waals surface area contributed by atoms with Crippen molar-refractivity contribution < 1.29 is 27.8 Å². The number of amides is 1. The van der Waals surface area contributed by atoms with E-state index in [0.29, 0.717) is 5.75 Å². The molecule has 0 saturated carbocycles. The van der Waals surface area contributed by atoms with Crippen LogP contribution < -0.4 is 20.6 Å². The molecule has 1 aromatic heterocycles. The van der Waals surface area contributed by atoms with Gasteiger partial charge < -0.3 is 20.2 Å². The monoisotopic (exact) mass is 402 g/mol. The second kappa shape index (κ2) is 8.09. The lowest BCUT2D eigenvalue weighted by Gasteiger charge is -2.14. The van der Waals surface area contributed by atoms with Crippen molar-refractivity contribution in [3.63, 3.8) is 0 Å². The molecule has 0 spiro atoms. The second-order valence-corrected chi connectivity index (χ2v) is 6.10. The number of alkyl halides is 2. The third-order valence-corrected chi connectivity index (χ3v) is 4.28. The zero-order valence-electron chi connectivity index (χ0n) is 15.1. The van der Waals surface area contributed by atoms with E-state index in [4.69, 9.17) is 10.5 Å². The Bertz CT molecular complexity index is 1130. The molecule has 0 bridgehead atoms. The number of pyridine rings is 1. The molecule has 1 heterocycles. The predicted molar refractivity (Wildman–Crippen MR) is 100 cm³/mol. The Morgan fingerprint density at radius 2 is 1.69 bits per heavy atom. The summed E-state index contributed by atoms with van der Waals surface area (Å²) in [6.07, 6.45) is 0. The average Bonchev–Trinajstić information content (AvgIpc) is 2.68. The third-order valence-electron chi connectivity index (χ3n) is 4.28. The number of primary amides is 1. The van der Waals surface area contributed by atoms with Crippen LogP contribution in [0.5, 0.6) is 11.5 Å². The van der Waals surface area contributed by atoms with Crippen molar-refractivity contribution in [1.29, 1.82) is 0 Å². The molecule has 0 aliphatic heterocycles. The van der Waals surface area contributed by atoms with Gasteiger partial charge in [0.25, 0.3) is 0 Å². The zero-order chi connectivity index (χ0) is 21.1. The Morgan fingerprint density at radius 3 is 2.28 bits per heavy atom. The van der Waals surface area contributed by atoms with Crippen LogP contribution in [0.4, 0.5) is 8.78 Å². The van der Waals surface area contributed by atoms with Crippen LogP contribution >= 0.6 is 0 Å². The average molecular weight is 402 g/mol. The van der Waals surface area contributed by atoms with Gasteiger partial charge in [-0.1, -0.05) is 0 Å². The highest BCUT2D eigenvalue weighted by Crippen LogP contribution is 2.24. The van der Waals surface area contributed by atoms with Gasteiger partial charge in [0.2, 0.25) is 5.91 Å². The predicted octanol–water partition coefficient (Wildman–Crippen LogP) is 2.59. The molecule has 3 N–H and O–H groups in total. The summed E-state index contributed by atoms with van der Waals surface area (Å²) < 4.78 is 34.1. The number of ether oxygens (including phenoxy) is 2. The van der Waals surface area contributed by atoms with Crippen molar-refractivity contribution in [2.45, 2.75) is 12.5 Å². The molecule has 1 atom stereocenters. The topological polar surface area (TPSA) is 111 Å². The van der Waals surface area contributed by atoms with Crippen molar-refractivity contribution >= 4 is 22.6 Å². The number of fused-ring (bicyclic) bond motifs is 1. The van der Waals surface area contributed by atoms with Crippen molar-refractivity contribution in [2.24, 2.45) is 5.73 Å². The number of ketones is 1. The number of H-pyrrole nitrogens is 1. The summed E-state index contributed by atoms with van der Waals surface area (Å²) in [5, 5.41) is 0.0621. The van der Waals surface area contributed by atoms with E-state index in [1.165, 1.54) is 31.4 Å². The summed E-state index contributed by atoms with van der Waals surface area (Å²) in [5.74, 6) is -2.65. The SMILES string of the molecule is COc1ccc(C(=O)[C@@H](C(N)=O)c2cc(=O)c3cc(OC(F)F)ccc3[nH]2)cc1. The Balaban J connectivity index is 2.03. The van der Waals surface area contributed by atoms with E-state index in [2.05, 4.69) is 9.72 Å². The number of carbonyl (C=O) groups is 2. The highest BCUT2D eigenvalue weighted by Gasteiger charge is 2.29. The van der Waals surface area contributed by atoms with Crippen molar-refractivity contribution in [3.05, 3.63) is 70.0 Å². The van der Waals surface area contributed by atoms with Crippen LogP contribution in [0.1, 0.15) is 22.0 Å². The quantitative estimate of drug-likeness (QED) is 0.466. The molecular formula is C20H16F2N2O5. The highest BCUT2D eigenvalue weighted by molar-refractivity contribution is 6.13. The fourth-order valence-corrected chi connectivity index (χ4v) is 2.92. The lowest BCUT2D eigenvalue weighted by atomic mass is 9.93. The summed E-state index contributed by atoms with van der Waals surface area (Å²) in [4.78, 5) is 40.1. The number of rotatable bonds is 7. The van der Waals surface area contributed by atoms with Gasteiger partial charge in [-0.3, -0.25) is 14.4 Å². The number of halogens is 2. The second-order valence-electron chi connectivity index (χ2n) is 6.10. The van der Waals surface area contributed by atoms with Crippen LogP contribution in [0.15, 0.2) is 53.3 Å². The Labute approximate surface area is 163 Å². The lowest BCUT2D eigenvalue weighted by Crippen LogP contribution is -2.30. The van der Waals surface area contributed by atoms with E-state index < -0.39 is 29.6 Å². The lowest BCUT2D eigenvalue weighted by molar-refractivity contribution is -0.118. The molecule has 0 radical (unpaired) electrons. The first-order chi connectivity index (χ1) is 13.8. The summed E-state index contributed by atoms with van der Waals surface area (Å²) >= 11 is 0. The smallest absolute Gasteiger partial charge is 0.387 e. The Morgan fingerprint density at radius 1 is 1.03 bits per heavy atom. The van der Waals surface area contributed by atoms with E-state index in [9.17, 15) is 23.2 Å². The third kappa shape index (κ3) is 4.23. The van der Waals surface area contributed by atoms with Gasteiger partial charge >= 0.3 is 6.61 Å². The molecule has 7 nitrogen and oxygen atoms in total. The molecule has 150 valence electrons. The Kier molecular flexibility index (Phi) is 5.58. The molecule has 29 heavy (non-hydrogen) atoms. The van der Waals surface area contributed by atoms with Crippen molar-refractivity contribution in [3.8, 4) is 11.5 Å². The zero-order valence-corrected chi connectivity index (χ0v) is 15.1. The molecule has 1 amide bonds. The highest BCUT2D eigenvalue weighted by atomic mass is 19.3. The van der Waals surface area contributed by atoms with Crippen LogP contribution in [0.3, 0.4) is 0 Å². The van der Waals surface area contributed by atoms with Gasteiger partial charge in [0, 0.05) is 28.2 Å². The minimum atomic E-state index is -3.04. The van der Waals surface area contributed by atoms with E-state index in [-0.39, 0.29) is 27.9 Å². The first-order valence-electron chi connectivity index (χ1n) is 8.39. The van der Waals surface area contributed by atoms with Gasteiger partial charge in [0.05, 0.1) is 7.11 Å². The minimum absolute atomic E-state index is 0.00153. The van der Waals surface area contributed by atoms with Crippen molar-refractivity contribution in [2.75, 3.05) is 7.11 Å². The number of aromatic nitrogens is 1. The van der Waals surface area contributed by atoms with Crippen LogP contribution in [0.25, 0.3) is 10.9 Å². The molecule has 9 heteroatoms. The summed E-state index contributed by atoms with van der Waals surface area (Å²) in [7, 11) is 1.47. The van der Waals surface area contributed by atoms with Crippen LogP contribution in [0.2, 0.25) is 0 Å². The van der Waals surface area contributed by atoms with Gasteiger partial charge in [-0.25, -0.2) is 0 Å². The number of nitrogens with one attached hydrogen (secondary N) is 1. The number of methoxy groups -OCH3 is 1. The van der Waals surface area contributed by atoms with E-state index in [0.717, 1.165) is 12.1 Å². The van der Waals surface area contributed by atoms with Gasteiger partial charge in [-0.05, 0) is 42.5 Å². The molecule has 3 aromatic rings. The summed E-state index contributed by atoms with van der Waals surface area (Å²) in [5.41, 5.74) is 5.29. The molecule has 2 aromatic carbocycles. The first kappa shape index (κ1) is 20.0. The van der Waals surface area contributed by atoms with E-state index >= 15 is 0 Å². The standard InChI is InChI=1S/C20H16F2N2O5/c1-28-11-4-2-10(3-5-11)18(26)17(19(23)27)15-9-16(25)13-8-12(29-20(21)22)6-7-14(13)24-15/h2-9,17,20H,1H3,(H2,23,27)(H,24,25)/t17-/m0/s1. The molecule has 3 rings (SSSR count). The number of nitrogens with two attached hydrogens (primary N) is 1. The van der Waals surface area contributed by atoms with Crippen LogP contribution in [-0.4, -0.2) is 30.4 Å². The Hall–Kier alpha value is -3.75. The molecule has 0 aliphatic rings. The van der Waals surface area contributed by atoms with E-state index in [1.807, 2.05) is 0 Å². The largest absolute Gasteiger partial charge is 0.497 e. The number of hydrogen-bond acceptors (Lipinski definition) is 5. The van der Waals surface area contributed by atoms with Gasteiger partial charge in [0.1, 0.15) is 17.4 Å². The number of aromatic amines is 1. The number of Topliss-reactive ketones (excluding diaryl/α,β-unsaturated/α-hetero) is 1.